The van der Waals surface area contributed by atoms with Crippen LogP contribution in [-0.2, 0) is 0 Å². The highest BCUT2D eigenvalue weighted by Crippen LogP contribution is 2.41. The summed E-state index contributed by atoms with van der Waals surface area (Å²) in [6, 6.07) is 8.87. The molecule has 8 heteroatoms. The Labute approximate surface area is 167 Å². The van der Waals surface area contributed by atoms with E-state index < -0.39 is 0 Å². The highest BCUT2D eigenvalue weighted by Gasteiger charge is 2.35. The molecule has 3 N–H and O–H groups in total. The molecule has 0 aliphatic carbocycles. The average molecular weight is 396 g/mol. The monoisotopic (exact) mass is 396 g/mol. The van der Waals surface area contributed by atoms with Crippen molar-refractivity contribution in [2.24, 2.45) is 0 Å². The molecule has 0 spiro atoms. The predicted molar refractivity (Wildman–Crippen MR) is 110 cm³/mol. The van der Waals surface area contributed by atoms with Crippen LogP contribution in [0.15, 0.2) is 48.1 Å². The van der Waals surface area contributed by atoms with Gasteiger partial charge >= 0.3 is 0 Å². The molecule has 1 atom stereocenters. The molecule has 0 saturated carbocycles. The highest BCUT2D eigenvalue weighted by molar-refractivity contribution is 8.02. The molecule has 1 aromatic heterocycles. The van der Waals surface area contributed by atoms with Gasteiger partial charge in [-0.05, 0) is 61.7 Å². The number of halogens is 1. The Morgan fingerprint density at radius 1 is 1.14 bits per heavy atom. The first-order chi connectivity index (χ1) is 13.8. The van der Waals surface area contributed by atoms with Gasteiger partial charge in [-0.2, -0.15) is 0 Å². The maximum Gasteiger partial charge on any atom is 0.223 e. The number of hydrogen-bond acceptors (Lipinski definition) is 7. The second kappa shape index (κ2) is 7.44. The van der Waals surface area contributed by atoms with Gasteiger partial charge in [-0.25, -0.2) is 14.4 Å². The summed E-state index contributed by atoms with van der Waals surface area (Å²) < 4.78 is 13.4. The van der Waals surface area contributed by atoms with E-state index in [0.717, 1.165) is 48.6 Å². The van der Waals surface area contributed by atoms with E-state index in [-0.39, 0.29) is 11.3 Å². The normalized spacial score (nSPS) is 21.8. The van der Waals surface area contributed by atoms with Crippen LogP contribution in [0.3, 0.4) is 0 Å². The molecule has 1 fully saturated rings. The molecule has 28 heavy (non-hydrogen) atoms. The standard InChI is InChI=1S/C20H21FN6S/c21-14-3-1-13(2-4-14)17-18(27-11-12-28-20(27)26-17)16-7-10-23-19(25-16)24-15-5-8-22-9-6-15/h1-4,7,10-12,15,20,22,26H,5-6,8-9H2,(H,23,24,25). The van der Waals surface area contributed by atoms with Crippen molar-refractivity contribution in [2.45, 2.75) is 24.4 Å². The van der Waals surface area contributed by atoms with Gasteiger partial charge in [-0.1, -0.05) is 11.8 Å². The van der Waals surface area contributed by atoms with E-state index in [4.69, 9.17) is 4.98 Å². The molecule has 1 unspecified atom stereocenters. The van der Waals surface area contributed by atoms with Gasteiger partial charge in [0.2, 0.25) is 5.95 Å². The van der Waals surface area contributed by atoms with Gasteiger partial charge in [-0.15, -0.1) is 0 Å². The minimum atomic E-state index is -0.242. The highest BCUT2D eigenvalue weighted by atomic mass is 32.2. The first-order valence-electron chi connectivity index (χ1n) is 9.46. The number of hydrogen-bond donors (Lipinski definition) is 3. The molecule has 3 aliphatic heterocycles. The van der Waals surface area contributed by atoms with Gasteiger partial charge in [0.25, 0.3) is 0 Å². The van der Waals surface area contributed by atoms with E-state index >= 15 is 0 Å². The fourth-order valence-corrected chi connectivity index (χ4v) is 4.58. The molecule has 4 heterocycles. The van der Waals surface area contributed by atoms with Crippen LogP contribution < -0.4 is 16.0 Å². The Kier molecular flexibility index (Phi) is 4.66. The first kappa shape index (κ1) is 17.5. The number of rotatable bonds is 4. The quantitative estimate of drug-likeness (QED) is 0.734. The molecule has 2 aromatic rings. The molecule has 0 radical (unpaired) electrons. The first-order valence-corrected chi connectivity index (χ1v) is 10.4. The van der Waals surface area contributed by atoms with Crippen molar-refractivity contribution in [3.05, 3.63) is 65.2 Å². The maximum atomic E-state index is 13.4. The third-order valence-corrected chi connectivity index (χ3v) is 6.03. The molecule has 3 aliphatic rings. The number of anilines is 1. The Morgan fingerprint density at radius 2 is 1.96 bits per heavy atom. The Hall–Kier alpha value is -2.58. The van der Waals surface area contributed by atoms with Crippen molar-refractivity contribution in [3.63, 3.8) is 0 Å². The molecule has 5 rings (SSSR count). The Bertz CT molecular complexity index is 923. The van der Waals surface area contributed by atoms with Crippen molar-refractivity contribution in [1.82, 2.24) is 25.5 Å². The van der Waals surface area contributed by atoms with Crippen LogP contribution in [0.1, 0.15) is 24.1 Å². The molecular weight excluding hydrogens is 375 g/mol. The predicted octanol–water partition coefficient (Wildman–Crippen LogP) is 3.01. The Balaban J connectivity index is 1.51. The number of fused-ring (bicyclic) bond motifs is 1. The van der Waals surface area contributed by atoms with E-state index in [9.17, 15) is 4.39 Å². The zero-order valence-corrected chi connectivity index (χ0v) is 16.0. The number of aromatic nitrogens is 2. The molecule has 6 nitrogen and oxygen atoms in total. The summed E-state index contributed by atoms with van der Waals surface area (Å²) >= 11 is 1.70. The van der Waals surface area contributed by atoms with Crippen molar-refractivity contribution < 1.29 is 4.39 Å². The summed E-state index contributed by atoms with van der Waals surface area (Å²) in [5, 5.41) is 12.4. The lowest BCUT2D eigenvalue weighted by Gasteiger charge is -2.24. The summed E-state index contributed by atoms with van der Waals surface area (Å²) in [6.07, 6.45) is 5.97. The third-order valence-electron chi connectivity index (χ3n) is 5.15. The number of nitrogens with zero attached hydrogens (tertiary/aromatic N) is 3. The summed E-state index contributed by atoms with van der Waals surface area (Å²) in [5.74, 6) is 0.406. The van der Waals surface area contributed by atoms with Gasteiger partial charge in [0.15, 0.2) is 5.50 Å². The smallest absolute Gasteiger partial charge is 0.223 e. The van der Waals surface area contributed by atoms with Crippen molar-refractivity contribution >= 4 is 29.1 Å². The number of benzene rings is 1. The number of thioether (sulfide) groups is 1. The lowest BCUT2D eigenvalue weighted by molar-refractivity contribution is 0.477. The van der Waals surface area contributed by atoms with Gasteiger partial charge < -0.3 is 20.9 Å². The molecular formula is C20H21FN6S. The van der Waals surface area contributed by atoms with Crippen LogP contribution in [0.5, 0.6) is 0 Å². The average Bonchev–Trinajstić information content (AvgIpc) is 3.31. The largest absolute Gasteiger partial charge is 0.354 e. The van der Waals surface area contributed by atoms with Gasteiger partial charge in [0.1, 0.15) is 5.82 Å². The van der Waals surface area contributed by atoms with Crippen molar-refractivity contribution in [2.75, 3.05) is 18.4 Å². The Morgan fingerprint density at radius 3 is 2.79 bits per heavy atom. The van der Waals surface area contributed by atoms with E-state index in [1.54, 1.807) is 30.1 Å². The van der Waals surface area contributed by atoms with Gasteiger partial charge in [0, 0.05) is 24.0 Å². The maximum absolute atomic E-state index is 13.4. The van der Waals surface area contributed by atoms with Crippen LogP contribution in [-0.4, -0.2) is 39.5 Å². The van der Waals surface area contributed by atoms with Crippen LogP contribution in [0, 0.1) is 5.82 Å². The SMILES string of the molecule is Fc1ccc(C2=C(c3ccnc(NC4CCNCC4)n3)N3C=CSC3N2)cc1. The second-order valence-corrected chi connectivity index (χ2v) is 7.98. The second-order valence-electron chi connectivity index (χ2n) is 6.99. The summed E-state index contributed by atoms with van der Waals surface area (Å²) in [6.45, 7) is 2.03. The fourth-order valence-electron chi connectivity index (χ4n) is 3.74. The van der Waals surface area contributed by atoms with Crippen LogP contribution in [0.2, 0.25) is 0 Å². The summed E-state index contributed by atoms with van der Waals surface area (Å²) in [7, 11) is 0. The summed E-state index contributed by atoms with van der Waals surface area (Å²) in [5.41, 5.74) is 3.80. The lowest BCUT2D eigenvalue weighted by atomic mass is 10.1. The van der Waals surface area contributed by atoms with E-state index in [1.807, 2.05) is 6.07 Å². The molecule has 0 bridgehead atoms. The minimum absolute atomic E-state index is 0.0887. The van der Waals surface area contributed by atoms with E-state index in [2.05, 4.69) is 37.4 Å². The zero-order chi connectivity index (χ0) is 18.9. The fraction of sp³-hybridized carbons (Fsp3) is 0.300. The van der Waals surface area contributed by atoms with Crippen LogP contribution >= 0.6 is 11.8 Å². The van der Waals surface area contributed by atoms with Crippen LogP contribution in [0.25, 0.3) is 11.4 Å². The van der Waals surface area contributed by atoms with E-state index in [0.29, 0.717) is 12.0 Å². The topological polar surface area (TPSA) is 65.1 Å². The minimum Gasteiger partial charge on any atom is -0.354 e. The summed E-state index contributed by atoms with van der Waals surface area (Å²) in [4.78, 5) is 11.4. The third kappa shape index (κ3) is 3.33. The van der Waals surface area contributed by atoms with Crippen LogP contribution in [0.4, 0.5) is 10.3 Å². The zero-order valence-electron chi connectivity index (χ0n) is 15.2. The van der Waals surface area contributed by atoms with Crippen molar-refractivity contribution in [1.29, 1.82) is 0 Å². The molecule has 0 amide bonds. The molecule has 1 saturated heterocycles. The lowest BCUT2D eigenvalue weighted by Crippen LogP contribution is -2.35. The van der Waals surface area contributed by atoms with Gasteiger partial charge in [0.05, 0.1) is 17.1 Å². The number of nitrogens with one attached hydrogen (secondary N) is 3. The number of piperidine rings is 1. The van der Waals surface area contributed by atoms with Gasteiger partial charge in [-0.3, -0.25) is 0 Å². The molecule has 1 aromatic carbocycles. The molecule has 144 valence electrons. The van der Waals surface area contributed by atoms with E-state index in [1.165, 1.54) is 12.1 Å². The van der Waals surface area contributed by atoms with Crippen molar-refractivity contribution in [3.8, 4) is 0 Å².